The van der Waals surface area contributed by atoms with Crippen molar-refractivity contribution in [3.05, 3.63) is 0 Å². The quantitative estimate of drug-likeness (QED) is 0.750. The molecule has 2 atom stereocenters. The molecule has 92 valence electrons. The van der Waals surface area contributed by atoms with Crippen LogP contribution >= 0.6 is 0 Å². The summed E-state index contributed by atoms with van der Waals surface area (Å²) in [6.45, 7) is 6.08. The van der Waals surface area contributed by atoms with Crippen LogP contribution in [-0.4, -0.2) is 61.0 Å². The number of hydrogen-bond acceptors (Lipinski definition) is 3. The first-order valence-electron chi connectivity index (χ1n) is 6.44. The van der Waals surface area contributed by atoms with Gasteiger partial charge in [-0.3, -0.25) is 4.79 Å². The van der Waals surface area contributed by atoms with E-state index < -0.39 is 0 Å². The summed E-state index contributed by atoms with van der Waals surface area (Å²) in [5.74, 6) is 0.327. The van der Waals surface area contributed by atoms with Gasteiger partial charge in [0.2, 0.25) is 5.91 Å². The van der Waals surface area contributed by atoms with Crippen molar-refractivity contribution >= 4 is 5.91 Å². The van der Waals surface area contributed by atoms with Crippen LogP contribution in [0.25, 0.3) is 0 Å². The van der Waals surface area contributed by atoms with E-state index in [2.05, 4.69) is 29.1 Å². The number of rotatable bonds is 3. The van der Waals surface area contributed by atoms with Crippen molar-refractivity contribution in [2.45, 2.75) is 38.3 Å². The van der Waals surface area contributed by atoms with Crippen molar-refractivity contribution in [1.82, 2.24) is 15.1 Å². The standard InChI is InChI=1S/C12H23N3O/c1-3-13-11-5-4-7-15(12(11)16)10-6-8-14(2)9-10/h10-11,13H,3-9H2,1-2H3. The Balaban J connectivity index is 1.96. The maximum Gasteiger partial charge on any atom is 0.240 e. The predicted molar refractivity (Wildman–Crippen MR) is 64.3 cm³/mol. The summed E-state index contributed by atoms with van der Waals surface area (Å²) in [6.07, 6.45) is 3.29. The fraction of sp³-hybridized carbons (Fsp3) is 0.917. The molecule has 2 aliphatic rings. The number of likely N-dealkylation sites (N-methyl/N-ethyl adjacent to an activating group) is 2. The van der Waals surface area contributed by atoms with E-state index in [-0.39, 0.29) is 6.04 Å². The Hall–Kier alpha value is -0.610. The average molecular weight is 225 g/mol. The molecule has 0 saturated carbocycles. The maximum atomic E-state index is 12.3. The summed E-state index contributed by atoms with van der Waals surface area (Å²) in [5, 5.41) is 3.29. The Morgan fingerprint density at radius 2 is 2.19 bits per heavy atom. The van der Waals surface area contributed by atoms with Crippen LogP contribution in [0.2, 0.25) is 0 Å². The van der Waals surface area contributed by atoms with E-state index in [1.807, 2.05) is 0 Å². The van der Waals surface area contributed by atoms with Crippen molar-refractivity contribution in [2.24, 2.45) is 0 Å². The number of hydrogen-bond donors (Lipinski definition) is 1. The lowest BCUT2D eigenvalue weighted by Gasteiger charge is -2.36. The van der Waals surface area contributed by atoms with E-state index in [1.54, 1.807) is 0 Å². The van der Waals surface area contributed by atoms with Crippen molar-refractivity contribution in [1.29, 1.82) is 0 Å². The van der Waals surface area contributed by atoms with Crippen LogP contribution in [0.5, 0.6) is 0 Å². The van der Waals surface area contributed by atoms with E-state index in [0.29, 0.717) is 11.9 Å². The van der Waals surface area contributed by atoms with E-state index in [4.69, 9.17) is 0 Å². The molecule has 0 bridgehead atoms. The Labute approximate surface area is 98.0 Å². The molecule has 2 rings (SSSR count). The van der Waals surface area contributed by atoms with E-state index in [0.717, 1.165) is 45.4 Å². The van der Waals surface area contributed by atoms with Crippen molar-refractivity contribution in [3.63, 3.8) is 0 Å². The Kier molecular flexibility index (Phi) is 3.82. The van der Waals surface area contributed by atoms with E-state index in [9.17, 15) is 4.79 Å². The van der Waals surface area contributed by atoms with Crippen molar-refractivity contribution in [3.8, 4) is 0 Å². The predicted octanol–water partition coefficient (Wildman–Crippen LogP) is 0.291. The number of amides is 1. The molecular formula is C12H23N3O. The van der Waals surface area contributed by atoms with Crippen LogP contribution in [0, 0.1) is 0 Å². The van der Waals surface area contributed by atoms with Crippen LogP contribution in [0.3, 0.4) is 0 Å². The second kappa shape index (κ2) is 5.15. The third kappa shape index (κ3) is 2.38. The van der Waals surface area contributed by atoms with Gasteiger partial charge in [-0.1, -0.05) is 6.92 Å². The molecule has 2 heterocycles. The number of nitrogens with one attached hydrogen (secondary N) is 1. The van der Waals surface area contributed by atoms with Crippen LogP contribution in [0.15, 0.2) is 0 Å². The average Bonchev–Trinajstić information content (AvgIpc) is 2.68. The van der Waals surface area contributed by atoms with Gasteiger partial charge in [-0.05, 0) is 39.4 Å². The number of piperidine rings is 1. The molecule has 4 heteroatoms. The summed E-state index contributed by atoms with van der Waals surface area (Å²) in [4.78, 5) is 16.7. The molecule has 1 amide bonds. The van der Waals surface area contributed by atoms with Crippen LogP contribution in [0.4, 0.5) is 0 Å². The van der Waals surface area contributed by atoms with Crippen molar-refractivity contribution in [2.75, 3.05) is 33.2 Å². The lowest BCUT2D eigenvalue weighted by molar-refractivity contribution is -0.138. The first-order valence-corrected chi connectivity index (χ1v) is 6.44. The molecule has 0 aromatic heterocycles. The molecule has 0 aromatic carbocycles. The van der Waals surface area contributed by atoms with Crippen LogP contribution < -0.4 is 5.32 Å². The van der Waals surface area contributed by atoms with Gasteiger partial charge in [0.25, 0.3) is 0 Å². The summed E-state index contributed by atoms with van der Waals surface area (Å²) in [6, 6.07) is 0.531. The smallest absolute Gasteiger partial charge is 0.240 e. The Morgan fingerprint density at radius 1 is 1.38 bits per heavy atom. The highest BCUT2D eigenvalue weighted by atomic mass is 16.2. The molecule has 2 unspecified atom stereocenters. The lowest BCUT2D eigenvalue weighted by Crippen LogP contribution is -2.54. The van der Waals surface area contributed by atoms with Crippen molar-refractivity contribution < 1.29 is 4.79 Å². The third-order valence-electron chi connectivity index (χ3n) is 3.73. The van der Waals surface area contributed by atoms with Gasteiger partial charge in [0.15, 0.2) is 0 Å². The van der Waals surface area contributed by atoms with Crippen LogP contribution in [0.1, 0.15) is 26.2 Å². The molecule has 0 spiro atoms. The highest BCUT2D eigenvalue weighted by Gasteiger charge is 2.34. The number of carbonyl (C=O) groups excluding carboxylic acids is 1. The SMILES string of the molecule is CCNC1CCCN(C2CCN(C)C2)C1=O. The molecular weight excluding hydrogens is 202 g/mol. The molecule has 4 nitrogen and oxygen atoms in total. The van der Waals surface area contributed by atoms with Gasteiger partial charge in [-0.2, -0.15) is 0 Å². The van der Waals surface area contributed by atoms with Crippen LogP contribution in [-0.2, 0) is 4.79 Å². The molecule has 2 aliphatic heterocycles. The lowest BCUT2D eigenvalue weighted by atomic mass is 10.0. The summed E-state index contributed by atoms with van der Waals surface area (Å²) < 4.78 is 0. The monoisotopic (exact) mass is 225 g/mol. The topological polar surface area (TPSA) is 35.6 Å². The fourth-order valence-corrected chi connectivity index (χ4v) is 2.86. The number of nitrogens with zero attached hydrogens (tertiary/aromatic N) is 2. The van der Waals surface area contributed by atoms with Gasteiger partial charge in [0.05, 0.1) is 6.04 Å². The molecule has 0 radical (unpaired) electrons. The minimum atomic E-state index is 0.0738. The zero-order valence-corrected chi connectivity index (χ0v) is 10.4. The first-order chi connectivity index (χ1) is 7.72. The Bertz CT molecular complexity index is 255. The zero-order valence-electron chi connectivity index (χ0n) is 10.4. The molecule has 2 fully saturated rings. The molecule has 0 aromatic rings. The summed E-state index contributed by atoms with van der Waals surface area (Å²) >= 11 is 0. The van der Waals surface area contributed by atoms with Gasteiger partial charge in [0.1, 0.15) is 0 Å². The number of carbonyl (C=O) groups is 1. The molecule has 1 N–H and O–H groups in total. The van der Waals surface area contributed by atoms with Gasteiger partial charge >= 0.3 is 0 Å². The third-order valence-corrected chi connectivity index (χ3v) is 3.73. The minimum Gasteiger partial charge on any atom is -0.337 e. The zero-order chi connectivity index (χ0) is 11.5. The van der Waals surface area contributed by atoms with Gasteiger partial charge in [0, 0.05) is 19.1 Å². The minimum absolute atomic E-state index is 0.0738. The second-order valence-electron chi connectivity index (χ2n) is 4.99. The van der Waals surface area contributed by atoms with E-state index >= 15 is 0 Å². The first kappa shape index (κ1) is 11.9. The molecule has 16 heavy (non-hydrogen) atoms. The molecule has 2 saturated heterocycles. The fourth-order valence-electron chi connectivity index (χ4n) is 2.86. The largest absolute Gasteiger partial charge is 0.337 e. The maximum absolute atomic E-state index is 12.3. The summed E-state index contributed by atoms with van der Waals surface area (Å²) in [5.41, 5.74) is 0. The van der Waals surface area contributed by atoms with Gasteiger partial charge in [-0.25, -0.2) is 0 Å². The second-order valence-corrected chi connectivity index (χ2v) is 4.99. The highest BCUT2D eigenvalue weighted by Crippen LogP contribution is 2.20. The Morgan fingerprint density at radius 3 is 2.81 bits per heavy atom. The molecule has 0 aliphatic carbocycles. The normalized spacial score (nSPS) is 32.4. The highest BCUT2D eigenvalue weighted by molar-refractivity contribution is 5.83. The van der Waals surface area contributed by atoms with Gasteiger partial charge < -0.3 is 15.1 Å². The summed E-state index contributed by atoms with van der Waals surface area (Å²) in [7, 11) is 2.14. The van der Waals surface area contributed by atoms with Gasteiger partial charge in [-0.15, -0.1) is 0 Å². The number of likely N-dealkylation sites (tertiary alicyclic amines) is 2. The van der Waals surface area contributed by atoms with E-state index in [1.165, 1.54) is 0 Å².